The van der Waals surface area contributed by atoms with Crippen LogP contribution in [-0.4, -0.2) is 6.04 Å². The Labute approximate surface area is 103 Å². The fourth-order valence-corrected chi connectivity index (χ4v) is 2.80. The molecule has 1 N–H and O–H groups in total. The van der Waals surface area contributed by atoms with Gasteiger partial charge in [-0.2, -0.15) is 0 Å². The molecule has 2 heteroatoms. The van der Waals surface area contributed by atoms with Gasteiger partial charge in [-0.25, -0.2) is 4.39 Å². The molecule has 2 rings (SSSR count). The van der Waals surface area contributed by atoms with Crippen molar-refractivity contribution < 1.29 is 4.39 Å². The largest absolute Gasteiger partial charge is 0.307 e. The minimum Gasteiger partial charge on any atom is -0.307 e. The van der Waals surface area contributed by atoms with Crippen molar-refractivity contribution in [3.05, 3.63) is 35.6 Å². The van der Waals surface area contributed by atoms with Gasteiger partial charge in [0, 0.05) is 17.6 Å². The Kier molecular flexibility index (Phi) is 4.16. The van der Waals surface area contributed by atoms with E-state index in [0.717, 1.165) is 5.56 Å². The molecule has 1 aliphatic rings. The zero-order valence-electron chi connectivity index (χ0n) is 10.7. The number of halogens is 1. The Morgan fingerprint density at radius 2 is 1.94 bits per heavy atom. The first-order chi connectivity index (χ1) is 8.18. The Morgan fingerprint density at radius 3 is 2.65 bits per heavy atom. The monoisotopic (exact) mass is 235 g/mol. The molecule has 0 amide bonds. The molecule has 17 heavy (non-hydrogen) atoms. The van der Waals surface area contributed by atoms with E-state index in [-0.39, 0.29) is 11.9 Å². The topological polar surface area (TPSA) is 12.0 Å². The lowest BCUT2D eigenvalue weighted by Crippen LogP contribution is -2.38. The molecular weight excluding hydrogens is 213 g/mol. The van der Waals surface area contributed by atoms with Crippen LogP contribution in [0.4, 0.5) is 4.39 Å². The predicted octanol–water partition coefficient (Wildman–Crippen LogP) is 4.06. The fraction of sp³-hybridized carbons (Fsp3) is 0.600. The number of benzene rings is 1. The summed E-state index contributed by atoms with van der Waals surface area (Å²) in [4.78, 5) is 0. The van der Waals surface area contributed by atoms with Crippen LogP contribution in [-0.2, 0) is 0 Å². The molecule has 1 nitrogen and oxygen atoms in total. The third-order valence-corrected chi connectivity index (χ3v) is 3.95. The zero-order chi connectivity index (χ0) is 12.3. The molecule has 0 bridgehead atoms. The van der Waals surface area contributed by atoms with Gasteiger partial charge in [-0.15, -0.1) is 0 Å². The van der Waals surface area contributed by atoms with Crippen LogP contribution >= 0.6 is 0 Å². The highest BCUT2D eigenvalue weighted by Crippen LogP contribution is 2.26. The molecule has 3 unspecified atom stereocenters. The lowest BCUT2D eigenvalue weighted by atomic mass is 9.85. The maximum atomic E-state index is 13.7. The van der Waals surface area contributed by atoms with E-state index >= 15 is 0 Å². The SMILES string of the molecule is CC(NC1CCCCC1C)c1ccccc1F. The minimum atomic E-state index is -0.101. The van der Waals surface area contributed by atoms with Gasteiger partial charge in [0.25, 0.3) is 0 Å². The van der Waals surface area contributed by atoms with Crippen molar-refractivity contribution in [2.45, 2.75) is 51.6 Å². The van der Waals surface area contributed by atoms with Crippen LogP contribution in [0.25, 0.3) is 0 Å². The summed E-state index contributed by atoms with van der Waals surface area (Å²) in [5.41, 5.74) is 0.783. The zero-order valence-corrected chi connectivity index (χ0v) is 10.7. The van der Waals surface area contributed by atoms with Gasteiger partial charge >= 0.3 is 0 Å². The van der Waals surface area contributed by atoms with Crippen LogP contribution < -0.4 is 5.32 Å². The molecule has 1 aromatic rings. The van der Waals surface area contributed by atoms with Gasteiger partial charge in [0.05, 0.1) is 0 Å². The highest BCUT2D eigenvalue weighted by atomic mass is 19.1. The van der Waals surface area contributed by atoms with Gasteiger partial charge in [0.15, 0.2) is 0 Å². The minimum absolute atomic E-state index is 0.0988. The lowest BCUT2D eigenvalue weighted by molar-refractivity contribution is 0.262. The quantitative estimate of drug-likeness (QED) is 0.833. The highest BCUT2D eigenvalue weighted by Gasteiger charge is 2.23. The fourth-order valence-electron chi connectivity index (χ4n) is 2.80. The maximum Gasteiger partial charge on any atom is 0.127 e. The molecule has 0 aliphatic heterocycles. The first kappa shape index (κ1) is 12.6. The first-order valence-corrected chi connectivity index (χ1v) is 6.69. The average Bonchev–Trinajstić information content (AvgIpc) is 2.32. The van der Waals surface area contributed by atoms with Crippen LogP contribution in [0.1, 0.15) is 51.1 Å². The van der Waals surface area contributed by atoms with Gasteiger partial charge in [-0.1, -0.05) is 38.0 Å². The van der Waals surface area contributed by atoms with Gasteiger partial charge in [-0.3, -0.25) is 0 Å². The van der Waals surface area contributed by atoms with Gasteiger partial charge in [0.2, 0.25) is 0 Å². The highest BCUT2D eigenvalue weighted by molar-refractivity contribution is 5.20. The summed E-state index contributed by atoms with van der Waals surface area (Å²) in [5.74, 6) is 0.605. The van der Waals surface area contributed by atoms with Crippen molar-refractivity contribution in [1.82, 2.24) is 5.32 Å². The molecule has 0 spiro atoms. The van der Waals surface area contributed by atoms with Crippen molar-refractivity contribution in [2.24, 2.45) is 5.92 Å². The summed E-state index contributed by atoms with van der Waals surface area (Å²) in [7, 11) is 0. The Balaban J connectivity index is 2.01. The summed E-state index contributed by atoms with van der Waals surface area (Å²) < 4.78 is 13.7. The van der Waals surface area contributed by atoms with Crippen LogP contribution in [0.15, 0.2) is 24.3 Å². The van der Waals surface area contributed by atoms with Crippen LogP contribution in [0.2, 0.25) is 0 Å². The standard InChI is InChI=1S/C15H22FN/c1-11-7-3-6-10-15(11)17-12(2)13-8-4-5-9-14(13)16/h4-5,8-9,11-12,15,17H,3,6-7,10H2,1-2H3. The maximum absolute atomic E-state index is 13.7. The second-order valence-electron chi connectivity index (χ2n) is 5.28. The van der Waals surface area contributed by atoms with Crippen molar-refractivity contribution in [1.29, 1.82) is 0 Å². The summed E-state index contributed by atoms with van der Waals surface area (Å²) in [6.07, 6.45) is 5.15. The molecule has 0 saturated heterocycles. The normalized spacial score (nSPS) is 26.8. The molecule has 0 heterocycles. The summed E-state index contributed by atoms with van der Waals surface area (Å²) in [5, 5.41) is 3.59. The van der Waals surface area contributed by atoms with Gasteiger partial charge in [0.1, 0.15) is 5.82 Å². The molecule has 1 saturated carbocycles. The van der Waals surface area contributed by atoms with E-state index in [9.17, 15) is 4.39 Å². The molecule has 1 fully saturated rings. The third kappa shape index (κ3) is 3.06. The molecule has 94 valence electrons. The number of nitrogens with one attached hydrogen (secondary N) is 1. The molecular formula is C15H22FN. The second-order valence-corrected chi connectivity index (χ2v) is 5.28. The van der Waals surface area contributed by atoms with Gasteiger partial charge in [-0.05, 0) is 31.7 Å². The van der Waals surface area contributed by atoms with Crippen molar-refractivity contribution in [3.63, 3.8) is 0 Å². The average molecular weight is 235 g/mol. The van der Waals surface area contributed by atoms with Gasteiger partial charge < -0.3 is 5.32 Å². The van der Waals surface area contributed by atoms with Crippen LogP contribution in [0.5, 0.6) is 0 Å². The summed E-state index contributed by atoms with van der Waals surface area (Å²) >= 11 is 0. The number of hydrogen-bond acceptors (Lipinski definition) is 1. The van der Waals surface area contributed by atoms with Crippen molar-refractivity contribution in [3.8, 4) is 0 Å². The summed E-state index contributed by atoms with van der Waals surface area (Å²) in [6, 6.07) is 7.70. The Bertz CT molecular complexity index is 364. The summed E-state index contributed by atoms with van der Waals surface area (Å²) in [6.45, 7) is 4.35. The Morgan fingerprint density at radius 1 is 1.24 bits per heavy atom. The van der Waals surface area contributed by atoms with E-state index < -0.39 is 0 Å². The van der Waals surface area contributed by atoms with E-state index in [1.165, 1.54) is 31.7 Å². The van der Waals surface area contributed by atoms with E-state index in [0.29, 0.717) is 12.0 Å². The Hall–Kier alpha value is -0.890. The molecule has 1 aromatic carbocycles. The van der Waals surface area contributed by atoms with E-state index in [4.69, 9.17) is 0 Å². The smallest absolute Gasteiger partial charge is 0.127 e. The molecule has 3 atom stereocenters. The van der Waals surface area contributed by atoms with Crippen LogP contribution in [0, 0.1) is 11.7 Å². The predicted molar refractivity (Wildman–Crippen MR) is 69.4 cm³/mol. The molecule has 1 aliphatic carbocycles. The van der Waals surface area contributed by atoms with Crippen LogP contribution in [0.3, 0.4) is 0 Å². The lowest BCUT2D eigenvalue weighted by Gasteiger charge is -2.32. The van der Waals surface area contributed by atoms with E-state index in [2.05, 4.69) is 19.2 Å². The van der Waals surface area contributed by atoms with Crippen molar-refractivity contribution in [2.75, 3.05) is 0 Å². The van der Waals surface area contributed by atoms with Crippen molar-refractivity contribution >= 4 is 0 Å². The molecule has 0 aromatic heterocycles. The molecule has 0 radical (unpaired) electrons. The number of rotatable bonds is 3. The third-order valence-electron chi connectivity index (χ3n) is 3.95. The first-order valence-electron chi connectivity index (χ1n) is 6.69. The second kappa shape index (κ2) is 5.63. The van der Waals surface area contributed by atoms with E-state index in [1.54, 1.807) is 6.07 Å². The number of hydrogen-bond donors (Lipinski definition) is 1. The van der Waals surface area contributed by atoms with E-state index in [1.807, 2.05) is 12.1 Å².